The van der Waals surface area contributed by atoms with Crippen LogP contribution in [-0.2, 0) is 22.1 Å². The number of methoxy groups -OCH3 is 1. The molecule has 0 unspecified atom stereocenters. The van der Waals surface area contributed by atoms with E-state index >= 15 is 0 Å². The summed E-state index contributed by atoms with van der Waals surface area (Å²) in [5, 5.41) is 3.66. The van der Waals surface area contributed by atoms with Crippen LogP contribution in [0.1, 0.15) is 35.6 Å². The molecule has 2 aromatic rings. The molecule has 1 aliphatic carbocycles. The summed E-state index contributed by atoms with van der Waals surface area (Å²) < 4.78 is 49.4. The first-order chi connectivity index (χ1) is 10.9. The summed E-state index contributed by atoms with van der Waals surface area (Å²) in [7, 11) is 1.22. The monoisotopic (exact) mass is 325 g/mol. The smallest absolute Gasteiger partial charge is 0.417 e. The lowest BCUT2D eigenvalue weighted by atomic mass is 9.98. The first-order valence-electron chi connectivity index (χ1n) is 7.12. The van der Waals surface area contributed by atoms with E-state index in [2.05, 4.69) is 9.89 Å². The van der Waals surface area contributed by atoms with Crippen LogP contribution in [0.25, 0.3) is 11.3 Å². The first kappa shape index (κ1) is 15.6. The number of rotatable bonds is 4. The molecule has 0 N–H and O–H groups in total. The Labute approximate surface area is 130 Å². The van der Waals surface area contributed by atoms with Gasteiger partial charge in [0.15, 0.2) is 0 Å². The number of alkyl halides is 3. The number of hydrogen-bond acceptors (Lipinski definition) is 4. The van der Waals surface area contributed by atoms with Gasteiger partial charge in [-0.3, -0.25) is 4.79 Å². The fraction of sp³-hybridized carbons (Fsp3) is 0.375. The summed E-state index contributed by atoms with van der Waals surface area (Å²) in [6, 6.07) is 5.62. The van der Waals surface area contributed by atoms with Gasteiger partial charge in [-0.2, -0.15) is 13.2 Å². The zero-order valence-corrected chi connectivity index (χ0v) is 12.3. The number of hydrogen-bond donors (Lipinski definition) is 0. The van der Waals surface area contributed by atoms with Gasteiger partial charge in [-0.15, -0.1) is 0 Å². The van der Waals surface area contributed by atoms with Crippen LogP contribution in [-0.4, -0.2) is 18.2 Å². The maximum absolute atomic E-state index is 13.3. The summed E-state index contributed by atoms with van der Waals surface area (Å²) in [6.07, 6.45) is -2.82. The van der Waals surface area contributed by atoms with E-state index in [0.29, 0.717) is 5.56 Å². The number of ether oxygens (including phenoxy) is 1. The molecule has 4 nitrogen and oxygen atoms in total. The number of carbonyl (C=O) groups excluding carboxylic acids is 1. The standard InChI is InChI=1S/C16H14F3NO3/c1-22-15(21)8-11-7-14(20-23-11)12-5-4-10(9-2-3-9)6-13(12)16(17,18)19/h4-7,9H,2-3,8H2,1H3. The SMILES string of the molecule is COC(=O)Cc1cc(-c2ccc(C3CC3)cc2C(F)(F)F)no1. The van der Waals surface area contributed by atoms with Gasteiger partial charge < -0.3 is 9.26 Å². The Kier molecular flexibility index (Phi) is 3.87. The van der Waals surface area contributed by atoms with Gasteiger partial charge in [-0.05, 0) is 30.4 Å². The molecule has 3 rings (SSSR count). The number of halogens is 3. The van der Waals surface area contributed by atoms with Crippen molar-refractivity contribution in [1.29, 1.82) is 0 Å². The molecule has 1 fully saturated rings. The minimum Gasteiger partial charge on any atom is -0.469 e. The van der Waals surface area contributed by atoms with Crippen molar-refractivity contribution in [1.82, 2.24) is 5.16 Å². The molecular formula is C16H14F3NO3. The average Bonchev–Trinajstić information content (AvgIpc) is 3.26. The molecule has 1 heterocycles. The number of carbonyl (C=O) groups is 1. The van der Waals surface area contributed by atoms with Crippen LogP contribution < -0.4 is 0 Å². The van der Waals surface area contributed by atoms with Crippen LogP contribution in [0.5, 0.6) is 0 Å². The van der Waals surface area contributed by atoms with Crippen molar-refractivity contribution in [2.24, 2.45) is 0 Å². The molecule has 0 radical (unpaired) electrons. The highest BCUT2D eigenvalue weighted by Crippen LogP contribution is 2.44. The fourth-order valence-corrected chi connectivity index (χ4v) is 2.43. The second-order valence-corrected chi connectivity index (χ2v) is 5.51. The van der Waals surface area contributed by atoms with Gasteiger partial charge in [-0.1, -0.05) is 17.3 Å². The Hall–Kier alpha value is -2.31. The van der Waals surface area contributed by atoms with Gasteiger partial charge in [0.05, 0.1) is 12.7 Å². The van der Waals surface area contributed by atoms with Gasteiger partial charge in [0, 0.05) is 11.6 Å². The highest BCUT2D eigenvalue weighted by Gasteiger charge is 2.36. The van der Waals surface area contributed by atoms with Crippen LogP contribution in [0.3, 0.4) is 0 Å². The summed E-state index contributed by atoms with van der Waals surface area (Å²) in [6.45, 7) is 0. The summed E-state index contributed by atoms with van der Waals surface area (Å²) in [4.78, 5) is 11.2. The van der Waals surface area contributed by atoms with Crippen LogP contribution in [0, 0.1) is 0 Å². The van der Waals surface area contributed by atoms with E-state index in [0.717, 1.165) is 12.8 Å². The highest BCUT2D eigenvalue weighted by atomic mass is 19.4. The van der Waals surface area contributed by atoms with Gasteiger partial charge in [0.2, 0.25) is 0 Å². The maximum atomic E-state index is 13.3. The van der Waals surface area contributed by atoms with Crippen LogP contribution in [0.2, 0.25) is 0 Å². The molecule has 0 atom stereocenters. The lowest BCUT2D eigenvalue weighted by Crippen LogP contribution is -2.08. The number of nitrogens with zero attached hydrogens (tertiary/aromatic N) is 1. The number of aromatic nitrogens is 1. The van der Waals surface area contributed by atoms with Crippen molar-refractivity contribution >= 4 is 5.97 Å². The van der Waals surface area contributed by atoms with Gasteiger partial charge in [-0.25, -0.2) is 0 Å². The predicted molar refractivity (Wildman–Crippen MR) is 74.6 cm³/mol. The van der Waals surface area contributed by atoms with E-state index in [1.165, 1.54) is 25.3 Å². The lowest BCUT2D eigenvalue weighted by molar-refractivity contribution is -0.140. The predicted octanol–water partition coefficient (Wildman–Crippen LogP) is 3.95. The van der Waals surface area contributed by atoms with E-state index in [1.54, 1.807) is 6.07 Å². The lowest BCUT2D eigenvalue weighted by Gasteiger charge is -2.12. The van der Waals surface area contributed by atoms with Crippen molar-refractivity contribution in [3.8, 4) is 11.3 Å². The zero-order valence-electron chi connectivity index (χ0n) is 12.3. The Morgan fingerprint density at radius 3 is 2.70 bits per heavy atom. The molecule has 1 aliphatic rings. The van der Waals surface area contributed by atoms with E-state index in [-0.39, 0.29) is 29.4 Å². The Morgan fingerprint density at radius 1 is 1.35 bits per heavy atom. The molecule has 1 saturated carbocycles. The molecule has 7 heteroatoms. The maximum Gasteiger partial charge on any atom is 0.417 e. The van der Waals surface area contributed by atoms with Gasteiger partial charge in [0.1, 0.15) is 17.9 Å². The third-order valence-electron chi connectivity index (χ3n) is 3.78. The molecule has 1 aromatic heterocycles. The van der Waals surface area contributed by atoms with Crippen molar-refractivity contribution in [2.75, 3.05) is 7.11 Å². The van der Waals surface area contributed by atoms with E-state index < -0.39 is 17.7 Å². The average molecular weight is 325 g/mol. The topological polar surface area (TPSA) is 52.3 Å². The summed E-state index contributed by atoms with van der Waals surface area (Å²) in [5.74, 6) is -0.170. The Balaban J connectivity index is 1.97. The zero-order chi connectivity index (χ0) is 16.6. The molecule has 0 saturated heterocycles. The summed E-state index contributed by atoms with van der Waals surface area (Å²) >= 11 is 0. The first-order valence-corrected chi connectivity index (χ1v) is 7.12. The molecule has 122 valence electrons. The normalized spacial score (nSPS) is 14.8. The van der Waals surface area contributed by atoms with Crippen molar-refractivity contribution in [2.45, 2.75) is 31.4 Å². The molecule has 0 aliphatic heterocycles. The highest BCUT2D eigenvalue weighted by molar-refractivity contribution is 5.72. The quantitative estimate of drug-likeness (QED) is 0.799. The van der Waals surface area contributed by atoms with Crippen LogP contribution in [0.4, 0.5) is 13.2 Å². The summed E-state index contributed by atoms with van der Waals surface area (Å²) in [5.41, 5.74) is -0.0421. The second-order valence-electron chi connectivity index (χ2n) is 5.51. The minimum atomic E-state index is -4.48. The number of esters is 1. The third kappa shape index (κ3) is 3.38. The molecule has 0 spiro atoms. The molecular weight excluding hydrogens is 311 g/mol. The van der Waals surface area contributed by atoms with Crippen LogP contribution >= 0.6 is 0 Å². The van der Waals surface area contributed by atoms with Gasteiger partial charge in [0.25, 0.3) is 0 Å². The third-order valence-corrected chi connectivity index (χ3v) is 3.78. The Bertz CT molecular complexity index is 732. The molecule has 0 bridgehead atoms. The largest absolute Gasteiger partial charge is 0.469 e. The van der Waals surface area contributed by atoms with Crippen molar-refractivity contribution in [3.05, 3.63) is 41.2 Å². The van der Waals surface area contributed by atoms with E-state index in [9.17, 15) is 18.0 Å². The van der Waals surface area contributed by atoms with Crippen molar-refractivity contribution in [3.63, 3.8) is 0 Å². The van der Waals surface area contributed by atoms with E-state index in [1.807, 2.05) is 0 Å². The minimum absolute atomic E-state index is 0.0539. The second kappa shape index (κ2) is 5.72. The molecule has 0 amide bonds. The van der Waals surface area contributed by atoms with Crippen molar-refractivity contribution < 1.29 is 27.2 Å². The molecule has 23 heavy (non-hydrogen) atoms. The fourth-order valence-electron chi connectivity index (χ4n) is 2.43. The van der Waals surface area contributed by atoms with E-state index in [4.69, 9.17) is 4.52 Å². The number of benzene rings is 1. The molecule has 1 aromatic carbocycles. The Morgan fingerprint density at radius 2 is 2.09 bits per heavy atom. The van der Waals surface area contributed by atoms with Crippen LogP contribution in [0.15, 0.2) is 28.8 Å². The van der Waals surface area contributed by atoms with Gasteiger partial charge >= 0.3 is 12.1 Å².